The Kier molecular flexibility index (Phi) is 2.67. The van der Waals surface area contributed by atoms with Gasteiger partial charge in [0.1, 0.15) is 17.8 Å². The summed E-state index contributed by atoms with van der Waals surface area (Å²) < 4.78 is 1.59. The van der Waals surface area contributed by atoms with Crippen LogP contribution in [0.15, 0.2) is 18.5 Å². The molecule has 2 aromatic rings. The first kappa shape index (κ1) is 10.5. The fourth-order valence-electron chi connectivity index (χ4n) is 1.31. The van der Waals surface area contributed by atoms with Crippen LogP contribution in [0.5, 0.6) is 0 Å². The molecule has 0 fully saturated rings. The van der Waals surface area contributed by atoms with Gasteiger partial charge < -0.3 is 0 Å². The largest absolute Gasteiger partial charge is 0.220 e. The molecule has 0 radical (unpaired) electrons. The van der Waals surface area contributed by atoms with Crippen LogP contribution in [0.1, 0.15) is 11.4 Å². The van der Waals surface area contributed by atoms with Crippen LogP contribution in [0, 0.1) is 13.8 Å². The number of halogens is 2. The van der Waals surface area contributed by atoms with Gasteiger partial charge in [-0.15, -0.1) is 0 Å². The zero-order chi connectivity index (χ0) is 11.0. The standard InChI is InChI=1S/C10H9Cl2N3/c1-6-3-4-8(11)10(9(6)12)15-5-13-7(2)14-15/h3-5H,1-2H3. The Morgan fingerprint density at radius 3 is 2.53 bits per heavy atom. The quantitative estimate of drug-likeness (QED) is 0.768. The number of aromatic nitrogens is 3. The minimum atomic E-state index is 0.565. The summed E-state index contributed by atoms with van der Waals surface area (Å²) in [5.74, 6) is 0.684. The van der Waals surface area contributed by atoms with Gasteiger partial charge in [0, 0.05) is 0 Å². The monoisotopic (exact) mass is 241 g/mol. The molecule has 0 spiro atoms. The van der Waals surface area contributed by atoms with E-state index >= 15 is 0 Å². The lowest BCUT2D eigenvalue weighted by Gasteiger charge is -2.08. The van der Waals surface area contributed by atoms with E-state index in [9.17, 15) is 0 Å². The second-order valence-corrected chi connectivity index (χ2v) is 4.05. The van der Waals surface area contributed by atoms with E-state index in [1.165, 1.54) is 0 Å². The van der Waals surface area contributed by atoms with Gasteiger partial charge in [0.05, 0.1) is 10.0 Å². The average Bonchev–Trinajstić information content (AvgIpc) is 2.59. The summed E-state index contributed by atoms with van der Waals surface area (Å²) in [7, 11) is 0. The van der Waals surface area contributed by atoms with Crippen molar-refractivity contribution in [2.75, 3.05) is 0 Å². The fourth-order valence-corrected chi connectivity index (χ4v) is 1.85. The van der Waals surface area contributed by atoms with Crippen LogP contribution in [0.25, 0.3) is 5.69 Å². The predicted octanol–water partition coefficient (Wildman–Crippen LogP) is 3.19. The summed E-state index contributed by atoms with van der Waals surface area (Å²) in [6.45, 7) is 3.74. The minimum Gasteiger partial charge on any atom is -0.220 e. The van der Waals surface area contributed by atoms with Gasteiger partial charge in [0.15, 0.2) is 0 Å². The molecule has 1 aromatic heterocycles. The maximum atomic E-state index is 6.17. The van der Waals surface area contributed by atoms with E-state index < -0.39 is 0 Å². The zero-order valence-corrected chi connectivity index (χ0v) is 9.84. The van der Waals surface area contributed by atoms with Crippen molar-refractivity contribution in [3.8, 4) is 5.69 Å². The molecular formula is C10H9Cl2N3. The van der Waals surface area contributed by atoms with E-state index in [1.54, 1.807) is 17.1 Å². The van der Waals surface area contributed by atoms with Gasteiger partial charge in [0.2, 0.25) is 0 Å². The molecule has 5 heteroatoms. The fraction of sp³-hybridized carbons (Fsp3) is 0.200. The van der Waals surface area contributed by atoms with E-state index in [0.29, 0.717) is 21.6 Å². The van der Waals surface area contributed by atoms with Crippen molar-refractivity contribution in [2.45, 2.75) is 13.8 Å². The summed E-state index contributed by atoms with van der Waals surface area (Å²) in [5.41, 5.74) is 1.64. The van der Waals surface area contributed by atoms with Gasteiger partial charge in [-0.25, -0.2) is 9.67 Å². The maximum absolute atomic E-state index is 6.17. The molecule has 1 heterocycles. The molecule has 3 nitrogen and oxygen atoms in total. The molecule has 78 valence electrons. The first-order valence-electron chi connectivity index (χ1n) is 4.43. The predicted molar refractivity (Wildman–Crippen MR) is 60.9 cm³/mol. The Balaban J connectivity index is 2.66. The Labute approximate surface area is 97.7 Å². The Bertz CT molecular complexity index is 505. The number of aryl methyl sites for hydroxylation is 2. The van der Waals surface area contributed by atoms with Crippen molar-refractivity contribution in [3.05, 3.63) is 39.9 Å². The second-order valence-electron chi connectivity index (χ2n) is 3.26. The highest BCUT2D eigenvalue weighted by atomic mass is 35.5. The Hall–Kier alpha value is -1.06. The summed E-state index contributed by atoms with van der Waals surface area (Å²) in [5, 5.41) is 5.35. The third kappa shape index (κ3) is 1.85. The normalized spacial score (nSPS) is 10.7. The molecule has 0 aliphatic carbocycles. The number of nitrogens with zero attached hydrogens (tertiary/aromatic N) is 3. The van der Waals surface area contributed by atoms with Crippen molar-refractivity contribution in [3.63, 3.8) is 0 Å². The average molecular weight is 242 g/mol. The molecule has 2 rings (SSSR count). The van der Waals surface area contributed by atoms with Gasteiger partial charge in [-0.05, 0) is 25.5 Å². The number of hydrogen-bond donors (Lipinski definition) is 0. The van der Waals surface area contributed by atoms with Gasteiger partial charge in [-0.1, -0.05) is 29.3 Å². The lowest BCUT2D eigenvalue weighted by molar-refractivity contribution is 0.862. The molecule has 1 aromatic carbocycles. The molecule has 0 amide bonds. The summed E-state index contributed by atoms with van der Waals surface area (Å²) in [4.78, 5) is 4.04. The van der Waals surface area contributed by atoms with Crippen LogP contribution in [0.4, 0.5) is 0 Å². The lowest BCUT2D eigenvalue weighted by atomic mass is 10.2. The number of rotatable bonds is 1. The highest BCUT2D eigenvalue weighted by Gasteiger charge is 2.11. The summed E-state index contributed by atoms with van der Waals surface area (Å²) >= 11 is 12.2. The van der Waals surface area contributed by atoms with Crippen molar-refractivity contribution in [1.82, 2.24) is 14.8 Å². The van der Waals surface area contributed by atoms with Gasteiger partial charge in [0.25, 0.3) is 0 Å². The van der Waals surface area contributed by atoms with E-state index in [0.717, 1.165) is 5.56 Å². The summed E-state index contributed by atoms with van der Waals surface area (Å²) in [6, 6.07) is 3.67. The van der Waals surface area contributed by atoms with Crippen molar-refractivity contribution >= 4 is 23.2 Å². The first-order chi connectivity index (χ1) is 7.09. The third-order valence-corrected chi connectivity index (χ3v) is 2.88. The zero-order valence-electron chi connectivity index (χ0n) is 8.33. The van der Waals surface area contributed by atoms with Crippen molar-refractivity contribution in [1.29, 1.82) is 0 Å². The molecular weight excluding hydrogens is 233 g/mol. The van der Waals surface area contributed by atoms with Gasteiger partial charge in [-0.3, -0.25) is 0 Å². The number of hydrogen-bond acceptors (Lipinski definition) is 2. The highest BCUT2D eigenvalue weighted by molar-refractivity contribution is 6.38. The summed E-state index contributed by atoms with van der Waals surface area (Å²) in [6.07, 6.45) is 1.60. The molecule has 0 bridgehead atoms. The van der Waals surface area contributed by atoms with E-state index in [1.807, 2.05) is 19.9 Å². The maximum Gasteiger partial charge on any atom is 0.147 e. The Morgan fingerprint density at radius 1 is 1.20 bits per heavy atom. The number of benzene rings is 1. The molecule has 0 aliphatic heterocycles. The topological polar surface area (TPSA) is 30.7 Å². The van der Waals surface area contributed by atoms with E-state index in [4.69, 9.17) is 23.2 Å². The third-order valence-electron chi connectivity index (χ3n) is 2.10. The lowest BCUT2D eigenvalue weighted by Crippen LogP contribution is -1.98. The van der Waals surface area contributed by atoms with Crippen molar-refractivity contribution in [2.24, 2.45) is 0 Å². The Morgan fingerprint density at radius 2 is 1.93 bits per heavy atom. The molecule has 0 atom stereocenters. The van der Waals surface area contributed by atoms with Crippen LogP contribution in [-0.4, -0.2) is 14.8 Å². The van der Waals surface area contributed by atoms with Crippen LogP contribution in [0.2, 0.25) is 10.0 Å². The second kappa shape index (κ2) is 3.83. The van der Waals surface area contributed by atoms with Crippen molar-refractivity contribution < 1.29 is 0 Å². The van der Waals surface area contributed by atoms with Crippen LogP contribution in [-0.2, 0) is 0 Å². The highest BCUT2D eigenvalue weighted by Crippen LogP contribution is 2.30. The van der Waals surface area contributed by atoms with Crippen LogP contribution < -0.4 is 0 Å². The van der Waals surface area contributed by atoms with E-state index in [-0.39, 0.29) is 0 Å². The van der Waals surface area contributed by atoms with Crippen LogP contribution >= 0.6 is 23.2 Å². The molecule has 15 heavy (non-hydrogen) atoms. The molecule has 0 aliphatic rings. The molecule has 0 saturated carbocycles. The molecule has 0 N–H and O–H groups in total. The first-order valence-corrected chi connectivity index (χ1v) is 5.18. The molecule has 0 unspecified atom stereocenters. The smallest absolute Gasteiger partial charge is 0.147 e. The van der Waals surface area contributed by atoms with Gasteiger partial charge in [-0.2, -0.15) is 5.10 Å². The van der Waals surface area contributed by atoms with E-state index in [2.05, 4.69) is 10.1 Å². The molecule has 0 saturated heterocycles. The minimum absolute atomic E-state index is 0.565. The SMILES string of the molecule is Cc1ncn(-c2c(Cl)ccc(C)c2Cl)n1. The van der Waals surface area contributed by atoms with Crippen LogP contribution in [0.3, 0.4) is 0 Å². The van der Waals surface area contributed by atoms with Gasteiger partial charge >= 0.3 is 0 Å².